The lowest BCUT2D eigenvalue weighted by Gasteiger charge is -2.32. The molecule has 3 heteroatoms. The monoisotopic (exact) mass is 267 g/mol. The molecule has 18 heavy (non-hydrogen) atoms. The quantitative estimate of drug-likeness (QED) is 0.827. The van der Waals surface area contributed by atoms with E-state index in [1.807, 2.05) is 6.07 Å². The van der Waals surface area contributed by atoms with Gasteiger partial charge < -0.3 is 10.1 Å². The van der Waals surface area contributed by atoms with E-state index in [-0.39, 0.29) is 5.54 Å². The van der Waals surface area contributed by atoms with E-state index < -0.39 is 0 Å². The molecule has 2 rings (SSSR count). The highest BCUT2D eigenvalue weighted by atomic mass is 35.5. The van der Waals surface area contributed by atoms with Gasteiger partial charge in [0, 0.05) is 19.0 Å². The highest BCUT2D eigenvalue weighted by Crippen LogP contribution is 2.23. The second kappa shape index (κ2) is 6.55. The summed E-state index contributed by atoms with van der Waals surface area (Å²) in [6, 6.07) is 10.4. The topological polar surface area (TPSA) is 21.3 Å². The van der Waals surface area contributed by atoms with Crippen LogP contribution < -0.4 is 5.32 Å². The maximum atomic E-state index is 6.16. The molecule has 1 aliphatic heterocycles. The molecule has 1 saturated heterocycles. The highest BCUT2D eigenvalue weighted by molar-refractivity contribution is 6.18. The molecular weight excluding hydrogens is 246 g/mol. The summed E-state index contributed by atoms with van der Waals surface area (Å²) in [6.07, 6.45) is 3.96. The van der Waals surface area contributed by atoms with Crippen LogP contribution in [0.4, 0.5) is 0 Å². The van der Waals surface area contributed by atoms with Crippen molar-refractivity contribution in [2.24, 2.45) is 0 Å². The Bertz CT molecular complexity index is 351. The zero-order chi connectivity index (χ0) is 12.8. The fourth-order valence-electron chi connectivity index (χ4n) is 2.34. The van der Waals surface area contributed by atoms with Gasteiger partial charge in [-0.15, -0.1) is 11.6 Å². The summed E-state index contributed by atoms with van der Waals surface area (Å²) in [5.74, 6) is 0.559. The first-order valence-corrected chi connectivity index (χ1v) is 7.26. The molecular formula is C15H22ClNO. The van der Waals surface area contributed by atoms with Crippen molar-refractivity contribution >= 4 is 11.6 Å². The molecule has 0 aliphatic carbocycles. The Kier molecular flexibility index (Phi) is 5.04. The predicted octanol–water partition coefficient (Wildman–Crippen LogP) is 3.30. The fourth-order valence-corrected chi connectivity index (χ4v) is 2.59. The van der Waals surface area contributed by atoms with Gasteiger partial charge in [0.2, 0.25) is 0 Å². The number of alkyl halides is 1. The van der Waals surface area contributed by atoms with Crippen molar-refractivity contribution < 1.29 is 4.74 Å². The molecule has 0 spiro atoms. The Labute approximate surface area is 115 Å². The molecule has 0 radical (unpaired) electrons. The second-order valence-corrected chi connectivity index (χ2v) is 5.47. The van der Waals surface area contributed by atoms with Crippen LogP contribution in [0.2, 0.25) is 0 Å². The number of ether oxygens (including phenoxy) is 1. The molecule has 2 atom stereocenters. The van der Waals surface area contributed by atoms with Gasteiger partial charge in [0.15, 0.2) is 0 Å². The van der Waals surface area contributed by atoms with Crippen molar-refractivity contribution in [1.82, 2.24) is 5.32 Å². The number of benzene rings is 1. The zero-order valence-electron chi connectivity index (χ0n) is 11.0. The van der Waals surface area contributed by atoms with Crippen molar-refractivity contribution in [3.05, 3.63) is 35.9 Å². The normalized spacial score (nSPS) is 23.6. The van der Waals surface area contributed by atoms with E-state index in [2.05, 4.69) is 36.5 Å². The molecule has 1 aliphatic rings. The summed E-state index contributed by atoms with van der Waals surface area (Å²) in [4.78, 5) is 0. The van der Waals surface area contributed by atoms with Gasteiger partial charge in [0.25, 0.3) is 0 Å². The fraction of sp³-hybridized carbons (Fsp3) is 0.600. The van der Waals surface area contributed by atoms with Crippen LogP contribution in [0, 0.1) is 0 Å². The average molecular weight is 268 g/mol. The van der Waals surface area contributed by atoms with Crippen molar-refractivity contribution in [2.75, 3.05) is 19.0 Å². The summed E-state index contributed by atoms with van der Waals surface area (Å²) in [5.41, 5.74) is 1.06. The second-order valence-electron chi connectivity index (χ2n) is 5.20. The number of rotatable bonds is 5. The van der Waals surface area contributed by atoms with Crippen LogP contribution >= 0.6 is 11.6 Å². The van der Waals surface area contributed by atoms with E-state index in [9.17, 15) is 0 Å². The van der Waals surface area contributed by atoms with E-state index in [0.717, 1.165) is 19.6 Å². The van der Waals surface area contributed by atoms with Gasteiger partial charge in [-0.2, -0.15) is 0 Å². The predicted molar refractivity (Wildman–Crippen MR) is 76.1 cm³/mol. The van der Waals surface area contributed by atoms with Crippen LogP contribution in [-0.2, 0) is 10.3 Å². The van der Waals surface area contributed by atoms with Crippen molar-refractivity contribution in [1.29, 1.82) is 0 Å². The first kappa shape index (κ1) is 13.9. The Balaban J connectivity index is 1.95. The Morgan fingerprint density at radius 3 is 2.72 bits per heavy atom. The standard InChI is InChI=1S/C15H22ClNO/c1-15(12-16,13-7-3-2-4-8-13)17-11-14-9-5-6-10-18-14/h2-4,7-8,14,17H,5-6,9-12H2,1H3. The lowest BCUT2D eigenvalue weighted by atomic mass is 9.93. The molecule has 0 aromatic heterocycles. The minimum absolute atomic E-state index is 0.177. The largest absolute Gasteiger partial charge is 0.377 e. The summed E-state index contributed by atoms with van der Waals surface area (Å²) in [7, 11) is 0. The van der Waals surface area contributed by atoms with E-state index in [4.69, 9.17) is 16.3 Å². The molecule has 0 bridgehead atoms. The van der Waals surface area contributed by atoms with E-state index in [1.54, 1.807) is 0 Å². The van der Waals surface area contributed by atoms with Crippen LogP contribution in [0.3, 0.4) is 0 Å². The maximum absolute atomic E-state index is 6.16. The number of nitrogens with one attached hydrogen (secondary N) is 1. The highest BCUT2D eigenvalue weighted by Gasteiger charge is 2.26. The number of hydrogen-bond acceptors (Lipinski definition) is 2. The van der Waals surface area contributed by atoms with Crippen LogP contribution in [0.5, 0.6) is 0 Å². The minimum atomic E-state index is -0.177. The first-order valence-electron chi connectivity index (χ1n) is 6.73. The smallest absolute Gasteiger partial charge is 0.0699 e. The van der Waals surface area contributed by atoms with Gasteiger partial charge in [-0.25, -0.2) is 0 Å². The Morgan fingerprint density at radius 1 is 1.33 bits per heavy atom. The van der Waals surface area contributed by atoms with Crippen molar-refractivity contribution in [3.8, 4) is 0 Å². The Hall–Kier alpha value is -0.570. The third kappa shape index (κ3) is 3.47. The molecule has 100 valence electrons. The van der Waals surface area contributed by atoms with Gasteiger partial charge in [0.1, 0.15) is 0 Å². The van der Waals surface area contributed by atoms with Gasteiger partial charge in [-0.05, 0) is 31.7 Å². The molecule has 1 aromatic rings. The lowest BCUT2D eigenvalue weighted by Crippen LogP contribution is -2.46. The first-order chi connectivity index (χ1) is 8.74. The van der Waals surface area contributed by atoms with E-state index >= 15 is 0 Å². The average Bonchev–Trinajstić information content (AvgIpc) is 2.47. The molecule has 1 fully saturated rings. The molecule has 2 nitrogen and oxygen atoms in total. The third-order valence-electron chi connectivity index (χ3n) is 3.67. The SMILES string of the molecule is CC(CCl)(NCC1CCCCO1)c1ccccc1. The summed E-state index contributed by atoms with van der Waals surface area (Å²) < 4.78 is 5.75. The van der Waals surface area contributed by atoms with Crippen LogP contribution in [0.25, 0.3) is 0 Å². The molecule has 0 amide bonds. The van der Waals surface area contributed by atoms with E-state index in [1.165, 1.54) is 18.4 Å². The van der Waals surface area contributed by atoms with Crippen LogP contribution in [0.1, 0.15) is 31.7 Å². The van der Waals surface area contributed by atoms with Crippen molar-refractivity contribution in [2.45, 2.75) is 37.8 Å². The number of hydrogen-bond donors (Lipinski definition) is 1. The summed E-state index contributed by atoms with van der Waals surface area (Å²) in [5, 5.41) is 3.57. The maximum Gasteiger partial charge on any atom is 0.0699 e. The molecule has 0 saturated carbocycles. The van der Waals surface area contributed by atoms with Crippen LogP contribution in [0.15, 0.2) is 30.3 Å². The van der Waals surface area contributed by atoms with E-state index in [0.29, 0.717) is 12.0 Å². The molecule has 1 aromatic carbocycles. The zero-order valence-corrected chi connectivity index (χ0v) is 11.7. The summed E-state index contributed by atoms with van der Waals surface area (Å²) in [6.45, 7) is 3.92. The molecule has 1 heterocycles. The lowest BCUT2D eigenvalue weighted by molar-refractivity contribution is 0.0130. The number of halogens is 1. The van der Waals surface area contributed by atoms with Crippen LogP contribution in [-0.4, -0.2) is 25.1 Å². The summed E-state index contributed by atoms with van der Waals surface area (Å²) >= 11 is 6.16. The van der Waals surface area contributed by atoms with Crippen molar-refractivity contribution in [3.63, 3.8) is 0 Å². The molecule has 1 N–H and O–H groups in total. The van der Waals surface area contributed by atoms with Gasteiger partial charge in [-0.1, -0.05) is 30.3 Å². The van der Waals surface area contributed by atoms with Gasteiger partial charge in [-0.3, -0.25) is 0 Å². The van der Waals surface area contributed by atoms with Gasteiger partial charge >= 0.3 is 0 Å². The molecule has 2 unspecified atom stereocenters. The van der Waals surface area contributed by atoms with Gasteiger partial charge in [0.05, 0.1) is 11.6 Å². The third-order valence-corrected chi connectivity index (χ3v) is 4.21. The Morgan fingerprint density at radius 2 is 2.11 bits per heavy atom. The minimum Gasteiger partial charge on any atom is -0.377 e.